The largest absolute Gasteiger partial charge is 0.373 e. The van der Waals surface area contributed by atoms with E-state index in [1.165, 1.54) is 5.56 Å². The quantitative estimate of drug-likeness (QED) is 0.448. The van der Waals surface area contributed by atoms with E-state index in [1.807, 2.05) is 18.2 Å². The summed E-state index contributed by atoms with van der Waals surface area (Å²) < 4.78 is 5.97. The Morgan fingerprint density at radius 2 is 2.11 bits per heavy atom. The van der Waals surface area contributed by atoms with Gasteiger partial charge in [-0.05, 0) is 36.3 Å². The first-order chi connectivity index (χ1) is 8.79. The van der Waals surface area contributed by atoms with Crippen LogP contribution < -0.4 is 0 Å². The molecule has 0 bridgehead atoms. The number of rotatable bonds is 4. The first-order valence-corrected chi connectivity index (χ1v) is 6.49. The zero-order valence-corrected chi connectivity index (χ0v) is 10.7. The minimum atomic E-state index is 0.154. The van der Waals surface area contributed by atoms with Gasteiger partial charge in [-0.1, -0.05) is 42.4 Å². The molecule has 0 unspecified atom stereocenters. The number of benzene rings is 1. The van der Waals surface area contributed by atoms with Gasteiger partial charge in [0.2, 0.25) is 0 Å². The lowest BCUT2D eigenvalue weighted by Gasteiger charge is -2.32. The van der Waals surface area contributed by atoms with Crippen molar-refractivity contribution in [2.24, 2.45) is 11.0 Å². The van der Waals surface area contributed by atoms with Crippen LogP contribution in [0, 0.1) is 5.92 Å². The van der Waals surface area contributed by atoms with Crippen molar-refractivity contribution in [3.05, 3.63) is 46.3 Å². The monoisotopic (exact) mass is 245 g/mol. The molecule has 3 atom stereocenters. The molecule has 0 spiro atoms. The maximum absolute atomic E-state index is 8.45. The maximum Gasteiger partial charge on any atom is 0.0720 e. The minimum absolute atomic E-state index is 0.154. The van der Waals surface area contributed by atoms with Crippen LogP contribution in [-0.2, 0) is 11.3 Å². The third-order valence-electron chi connectivity index (χ3n) is 3.58. The van der Waals surface area contributed by atoms with Crippen LogP contribution >= 0.6 is 0 Å². The fourth-order valence-electron chi connectivity index (χ4n) is 2.54. The molecule has 0 radical (unpaired) electrons. The molecule has 0 aliphatic heterocycles. The summed E-state index contributed by atoms with van der Waals surface area (Å²) in [5.41, 5.74) is 9.66. The van der Waals surface area contributed by atoms with Gasteiger partial charge in [-0.25, -0.2) is 0 Å². The maximum atomic E-state index is 8.45. The standard InChI is InChI=1S/C14H19N3O/c1-11-9-13(16-17-15)7-8-14(11)18-10-12-5-3-2-4-6-12/h2-6,11,13-14H,7-10H2,1H3/t11-,13+,14+/m0/s1. The highest BCUT2D eigenvalue weighted by Crippen LogP contribution is 2.29. The van der Waals surface area contributed by atoms with E-state index >= 15 is 0 Å². The van der Waals surface area contributed by atoms with E-state index in [4.69, 9.17) is 10.3 Å². The van der Waals surface area contributed by atoms with Crippen molar-refractivity contribution in [3.8, 4) is 0 Å². The summed E-state index contributed by atoms with van der Waals surface area (Å²) in [6.45, 7) is 2.84. The molecule has 0 aromatic heterocycles. The highest BCUT2D eigenvalue weighted by Gasteiger charge is 2.27. The molecule has 1 saturated carbocycles. The van der Waals surface area contributed by atoms with Crippen molar-refractivity contribution < 1.29 is 4.74 Å². The molecule has 0 saturated heterocycles. The molecule has 1 aromatic rings. The van der Waals surface area contributed by atoms with E-state index < -0.39 is 0 Å². The van der Waals surface area contributed by atoms with Gasteiger partial charge in [-0.3, -0.25) is 0 Å². The second kappa shape index (κ2) is 6.43. The van der Waals surface area contributed by atoms with Crippen LogP contribution in [0.2, 0.25) is 0 Å². The summed E-state index contributed by atoms with van der Waals surface area (Å²) in [5.74, 6) is 0.456. The summed E-state index contributed by atoms with van der Waals surface area (Å²) in [4.78, 5) is 2.90. The van der Waals surface area contributed by atoms with Gasteiger partial charge in [0.15, 0.2) is 0 Å². The molecule has 18 heavy (non-hydrogen) atoms. The van der Waals surface area contributed by atoms with Crippen LogP contribution in [0.5, 0.6) is 0 Å². The van der Waals surface area contributed by atoms with E-state index in [0.29, 0.717) is 12.5 Å². The van der Waals surface area contributed by atoms with Crippen molar-refractivity contribution in [1.29, 1.82) is 0 Å². The Morgan fingerprint density at radius 3 is 2.78 bits per heavy atom. The lowest BCUT2D eigenvalue weighted by molar-refractivity contribution is -0.0189. The third kappa shape index (κ3) is 3.49. The number of ether oxygens (including phenoxy) is 1. The fourth-order valence-corrected chi connectivity index (χ4v) is 2.54. The Morgan fingerprint density at radius 1 is 1.33 bits per heavy atom. The second-order valence-electron chi connectivity index (χ2n) is 4.98. The van der Waals surface area contributed by atoms with Crippen molar-refractivity contribution in [3.63, 3.8) is 0 Å². The number of hydrogen-bond donors (Lipinski definition) is 0. The van der Waals surface area contributed by atoms with Crippen molar-refractivity contribution in [2.45, 2.75) is 44.9 Å². The van der Waals surface area contributed by atoms with Gasteiger partial charge >= 0.3 is 0 Å². The summed E-state index contributed by atoms with van der Waals surface area (Å²) in [5, 5.41) is 3.81. The second-order valence-corrected chi connectivity index (χ2v) is 4.98. The average molecular weight is 245 g/mol. The predicted molar refractivity (Wildman–Crippen MR) is 71.0 cm³/mol. The fraction of sp³-hybridized carbons (Fsp3) is 0.571. The zero-order chi connectivity index (χ0) is 12.8. The molecule has 1 aliphatic carbocycles. The van der Waals surface area contributed by atoms with Gasteiger partial charge in [-0.2, -0.15) is 0 Å². The molecule has 0 heterocycles. The average Bonchev–Trinajstić information content (AvgIpc) is 2.39. The normalized spacial score (nSPS) is 27.5. The van der Waals surface area contributed by atoms with E-state index in [9.17, 15) is 0 Å². The molecule has 1 fully saturated rings. The summed E-state index contributed by atoms with van der Waals surface area (Å²) >= 11 is 0. The van der Waals surface area contributed by atoms with Gasteiger partial charge in [0.25, 0.3) is 0 Å². The highest BCUT2D eigenvalue weighted by molar-refractivity contribution is 5.13. The van der Waals surface area contributed by atoms with E-state index in [0.717, 1.165) is 19.3 Å². The molecule has 0 N–H and O–H groups in total. The van der Waals surface area contributed by atoms with Crippen molar-refractivity contribution >= 4 is 0 Å². The molecule has 1 aromatic carbocycles. The first-order valence-electron chi connectivity index (χ1n) is 6.49. The summed E-state index contributed by atoms with van der Waals surface area (Å²) in [7, 11) is 0. The molecule has 96 valence electrons. The van der Waals surface area contributed by atoms with Crippen LogP contribution in [0.25, 0.3) is 10.4 Å². The van der Waals surface area contributed by atoms with Crippen LogP contribution in [0.15, 0.2) is 35.4 Å². The Balaban J connectivity index is 1.82. The van der Waals surface area contributed by atoms with Crippen LogP contribution in [-0.4, -0.2) is 12.1 Å². The van der Waals surface area contributed by atoms with Gasteiger partial charge in [-0.15, -0.1) is 0 Å². The zero-order valence-electron chi connectivity index (χ0n) is 10.7. The van der Waals surface area contributed by atoms with E-state index in [-0.39, 0.29) is 12.1 Å². The van der Waals surface area contributed by atoms with Crippen LogP contribution in [0.3, 0.4) is 0 Å². The minimum Gasteiger partial charge on any atom is -0.373 e. The Labute approximate surface area is 108 Å². The molecule has 2 rings (SSSR count). The predicted octanol–water partition coefficient (Wildman–Crippen LogP) is 4.07. The number of azide groups is 1. The van der Waals surface area contributed by atoms with Gasteiger partial charge in [0.1, 0.15) is 0 Å². The SMILES string of the molecule is C[C@H]1C[C@H](N=[N+]=[N-])CC[C@H]1OCc1ccccc1. The van der Waals surface area contributed by atoms with Gasteiger partial charge < -0.3 is 4.74 Å². The Hall–Kier alpha value is -1.51. The summed E-state index contributed by atoms with van der Waals surface area (Å²) in [6.07, 6.45) is 3.14. The smallest absolute Gasteiger partial charge is 0.0720 e. The Bertz CT molecular complexity index is 414. The lowest BCUT2D eigenvalue weighted by atomic mass is 9.85. The van der Waals surface area contributed by atoms with Crippen LogP contribution in [0.4, 0.5) is 0 Å². The van der Waals surface area contributed by atoms with Gasteiger partial charge in [0.05, 0.1) is 12.7 Å². The van der Waals surface area contributed by atoms with Crippen molar-refractivity contribution in [1.82, 2.24) is 0 Å². The molecule has 1 aliphatic rings. The van der Waals surface area contributed by atoms with E-state index in [2.05, 4.69) is 29.1 Å². The molecule has 4 heteroatoms. The number of nitrogens with zero attached hydrogens (tertiary/aromatic N) is 3. The van der Waals surface area contributed by atoms with E-state index in [1.54, 1.807) is 0 Å². The highest BCUT2D eigenvalue weighted by atomic mass is 16.5. The molecule has 0 amide bonds. The first kappa shape index (κ1) is 12.9. The molecule has 4 nitrogen and oxygen atoms in total. The lowest BCUT2D eigenvalue weighted by Crippen LogP contribution is -2.31. The summed E-state index contributed by atoms with van der Waals surface area (Å²) in [6, 6.07) is 10.4. The van der Waals surface area contributed by atoms with Crippen molar-refractivity contribution in [2.75, 3.05) is 0 Å². The molecular formula is C14H19N3O. The third-order valence-corrected chi connectivity index (χ3v) is 3.58. The Kier molecular flexibility index (Phi) is 4.62. The van der Waals surface area contributed by atoms with Crippen LogP contribution in [0.1, 0.15) is 31.7 Å². The van der Waals surface area contributed by atoms with Gasteiger partial charge in [0, 0.05) is 11.0 Å². The molecular weight excluding hydrogens is 226 g/mol. The number of hydrogen-bond acceptors (Lipinski definition) is 2. The topological polar surface area (TPSA) is 58.0 Å².